The smallest absolute Gasteiger partial charge is 0.480 e. The van der Waals surface area contributed by atoms with E-state index in [9.17, 15) is 94.4 Å². The number of hydrogen-bond acceptors (Lipinski definition) is 17. The highest BCUT2D eigenvalue weighted by atomic mass is 19.4. The zero-order valence-corrected chi connectivity index (χ0v) is 42.5. The molecule has 0 saturated heterocycles. The number of carbonyl (C=O) groups excluding carboxylic acids is 10. The molecule has 76 heavy (non-hydrogen) atoms. The van der Waals surface area contributed by atoms with Gasteiger partial charge in [-0.2, -0.15) is 26.3 Å². The van der Waals surface area contributed by atoms with Crippen LogP contribution in [0.15, 0.2) is 4.99 Å². The Morgan fingerprint density at radius 2 is 1.08 bits per heavy atom. The maximum atomic E-state index is 14.0. The Morgan fingerprint density at radius 3 is 1.54 bits per heavy atom. The normalized spacial score (nSPS) is 16.4. The second-order valence-electron chi connectivity index (χ2n) is 18.0. The first-order valence-electron chi connectivity index (χ1n) is 23.1. The zero-order chi connectivity index (χ0) is 59.3. The van der Waals surface area contributed by atoms with Crippen molar-refractivity contribution < 1.29 is 104 Å². The highest BCUT2D eigenvalue weighted by molar-refractivity contribution is 6.00. The number of alkyl halides is 6. The summed E-state index contributed by atoms with van der Waals surface area (Å²) in [4.78, 5) is 146. The molecule has 12 atom stereocenters. The van der Waals surface area contributed by atoms with Gasteiger partial charge in [0.25, 0.3) is 5.91 Å². The van der Waals surface area contributed by atoms with Crippen LogP contribution in [0.2, 0.25) is 0 Å². The van der Waals surface area contributed by atoms with Gasteiger partial charge in [-0.25, -0.2) is 14.4 Å². The minimum atomic E-state index is -5.91. The number of guanidine groups is 1. The lowest BCUT2D eigenvalue weighted by molar-refractivity contribution is -0.206. The van der Waals surface area contributed by atoms with Crippen LogP contribution < -0.4 is 60.2 Å². The molecule has 0 heterocycles. The van der Waals surface area contributed by atoms with Crippen LogP contribution in [0, 0.1) is 17.8 Å². The minimum Gasteiger partial charge on any atom is -0.480 e. The molecule has 0 aliphatic carbocycles. The molecule has 0 bridgehead atoms. The van der Waals surface area contributed by atoms with Gasteiger partial charge in [0.1, 0.15) is 42.9 Å². The summed E-state index contributed by atoms with van der Waals surface area (Å²) in [5.74, 6) is -21.4. The van der Waals surface area contributed by atoms with E-state index in [2.05, 4.69) is 35.7 Å². The van der Waals surface area contributed by atoms with Crippen molar-refractivity contribution in [2.24, 2.45) is 45.7 Å². The molecule has 0 spiro atoms. The molecule has 0 aliphatic rings. The van der Waals surface area contributed by atoms with Gasteiger partial charge in [-0.05, 0) is 50.9 Å². The maximum Gasteiger partial charge on any atom is 0.490 e. The Kier molecular flexibility index (Phi) is 28.2. The lowest BCUT2D eigenvalue weighted by Gasteiger charge is -2.30. The molecule has 0 aromatic heterocycles. The van der Waals surface area contributed by atoms with Crippen LogP contribution in [0.25, 0.3) is 0 Å². The predicted octanol–water partition coefficient (Wildman–Crippen LogP) is -4.58. The Hall–Kier alpha value is -7.10. The number of carboxylic acids is 1. The van der Waals surface area contributed by atoms with Gasteiger partial charge in [-0.15, -0.1) is 0 Å². The molecule has 28 nitrogen and oxygen atoms in total. The number of nitrogens with zero attached hydrogens (tertiary/aromatic N) is 1. The number of aliphatic imine (C=N–C) groups is 1. The summed E-state index contributed by atoms with van der Waals surface area (Å²) in [6, 6.07) is -15.6. The quantitative estimate of drug-likeness (QED) is 0.0102. The molecule has 0 aliphatic heterocycles. The van der Waals surface area contributed by atoms with Crippen LogP contribution in [-0.2, 0) is 62.2 Å². The van der Waals surface area contributed by atoms with Crippen LogP contribution >= 0.6 is 0 Å². The molecule has 0 aromatic carbocycles. The van der Waals surface area contributed by atoms with Gasteiger partial charge < -0.3 is 84.9 Å². The summed E-state index contributed by atoms with van der Waals surface area (Å²) >= 11 is 0. The molecular formula is C42H68F6N12O16. The van der Waals surface area contributed by atoms with E-state index in [4.69, 9.17) is 22.9 Å². The molecule has 0 aromatic rings. The Labute approximate surface area is 430 Å². The van der Waals surface area contributed by atoms with E-state index in [-0.39, 0.29) is 44.1 Å². The third-order valence-corrected chi connectivity index (χ3v) is 10.7. The average Bonchev–Trinajstić information content (AvgIpc) is 3.30. The van der Waals surface area contributed by atoms with Crippen molar-refractivity contribution in [3.63, 3.8) is 0 Å². The molecule has 18 N–H and O–H groups in total. The predicted molar refractivity (Wildman–Crippen MR) is 248 cm³/mol. The van der Waals surface area contributed by atoms with Gasteiger partial charge in [0, 0.05) is 6.54 Å². The number of rotatable bonds is 31. The topological polar surface area (TPSA) is 468 Å². The minimum absolute atomic E-state index is 0.0245. The molecule has 0 unspecified atom stereocenters. The number of carboxylic acid groups (broad SMARTS) is 1. The van der Waals surface area contributed by atoms with Gasteiger partial charge in [-0.1, -0.05) is 48.0 Å². The molecule has 434 valence electrons. The van der Waals surface area contributed by atoms with Crippen molar-refractivity contribution in [3.05, 3.63) is 0 Å². The van der Waals surface area contributed by atoms with Crippen LogP contribution in [0.1, 0.15) is 81.1 Å². The molecule has 0 rings (SSSR count). The van der Waals surface area contributed by atoms with Gasteiger partial charge >= 0.3 is 30.3 Å². The summed E-state index contributed by atoms with van der Waals surface area (Å²) in [7, 11) is 0. The van der Waals surface area contributed by atoms with Gasteiger partial charge in [-0.3, -0.25) is 43.3 Å². The van der Waals surface area contributed by atoms with Crippen molar-refractivity contribution in [2.75, 3.05) is 13.2 Å². The van der Waals surface area contributed by atoms with Crippen LogP contribution in [0.4, 0.5) is 26.3 Å². The van der Waals surface area contributed by atoms with E-state index >= 15 is 0 Å². The number of amides is 8. The Bertz CT molecular complexity index is 2090. The number of ether oxygens (including phenoxy) is 2. The summed E-state index contributed by atoms with van der Waals surface area (Å²) in [6.45, 7) is 9.65. The fourth-order valence-electron chi connectivity index (χ4n) is 6.26. The number of hydrogen-bond donors (Lipinski definition) is 14. The SMILES string of the molecule is CC[C@H](C)[C@H](NC(=O)[C@@H](CCCN=C(N)N)NC(=O)[C@H](CC(C)C)NC(=O)[C@@H](N)[C@H](O)C(C)C)C(=O)N[C@H](C(=O)N[C@H](C)C(=O)N[C@H](C(=O)N[C@@H](COC(=O)C(F)(F)F)C(=O)O)[C@H](OC(=O)C(F)(F)F)C(N)=O)[C@H](C)O. The highest BCUT2D eigenvalue weighted by Gasteiger charge is 2.48. The number of carbonyl (C=O) groups is 11. The Morgan fingerprint density at radius 1 is 0.605 bits per heavy atom. The highest BCUT2D eigenvalue weighted by Crippen LogP contribution is 2.20. The number of primary amides is 1. The standard InChI is InChI=1S/C42H68F6N12O16/c1-9-17(6)24(58-31(65)20(11-10-12-53-40(51)52)55-32(66)21(13-15(2)3)56-33(67)23(49)27(62)16(4)5)34(68)59-25(19(8)61)35(69)54-18(7)30(64)60-26(28(29(50)63)76-39(74)42(46,47)48)36(70)57-22(37(71)72)14-75-38(73)41(43,44)45/h15-28,61-62H,9-14,49H2,1-8H3,(H2,50,63)(H,54,69)(H,55,66)(H,56,67)(H,57,70)(H,58,65)(H,59,68)(H,60,64)(H,71,72)(H4,51,52,53)/t17-,18+,19-,20+,21-,22-,23-,24-,25-,26-,27+,28-/m0/s1. The largest absolute Gasteiger partial charge is 0.490 e. The monoisotopic (exact) mass is 1110 g/mol. The number of aliphatic carboxylic acids is 1. The van der Waals surface area contributed by atoms with E-state index in [1.54, 1.807) is 39.9 Å². The lowest BCUT2D eigenvalue weighted by atomic mass is 9.96. The number of aliphatic hydroxyl groups is 2. The maximum absolute atomic E-state index is 14.0. The number of aliphatic hydroxyl groups excluding tert-OH is 2. The van der Waals surface area contributed by atoms with Gasteiger partial charge in [0.05, 0.1) is 12.2 Å². The molecular weight excluding hydrogens is 1040 g/mol. The summed E-state index contributed by atoms with van der Waals surface area (Å²) in [5, 5.41) is 45.0. The number of nitrogens with one attached hydrogen (secondary N) is 7. The summed E-state index contributed by atoms with van der Waals surface area (Å²) < 4.78 is 85.3. The number of esters is 2. The fourth-order valence-corrected chi connectivity index (χ4v) is 6.26. The first-order valence-corrected chi connectivity index (χ1v) is 23.1. The molecule has 0 saturated carbocycles. The zero-order valence-electron chi connectivity index (χ0n) is 42.5. The van der Waals surface area contributed by atoms with Crippen molar-refractivity contribution in [1.29, 1.82) is 0 Å². The van der Waals surface area contributed by atoms with E-state index in [1.807, 2.05) is 5.32 Å². The number of nitrogens with two attached hydrogens (primary N) is 4. The van der Waals surface area contributed by atoms with Gasteiger partial charge in [0.2, 0.25) is 47.5 Å². The van der Waals surface area contributed by atoms with E-state index in [0.717, 1.165) is 13.8 Å². The first kappa shape index (κ1) is 68.9. The molecule has 0 radical (unpaired) electrons. The van der Waals surface area contributed by atoms with Crippen molar-refractivity contribution in [2.45, 2.75) is 160 Å². The lowest BCUT2D eigenvalue weighted by Crippen LogP contribution is -2.64. The average molecular weight is 1110 g/mol. The van der Waals surface area contributed by atoms with Crippen LogP contribution in [0.5, 0.6) is 0 Å². The van der Waals surface area contributed by atoms with Crippen molar-refractivity contribution >= 4 is 71.1 Å². The molecule has 0 fully saturated rings. The molecule has 34 heteroatoms. The molecule has 8 amide bonds. The third kappa shape index (κ3) is 23.6. The van der Waals surface area contributed by atoms with E-state index in [0.29, 0.717) is 0 Å². The van der Waals surface area contributed by atoms with Gasteiger partial charge in [0.15, 0.2) is 18.0 Å². The van der Waals surface area contributed by atoms with Crippen LogP contribution in [-0.4, -0.2) is 179 Å². The van der Waals surface area contributed by atoms with Crippen molar-refractivity contribution in [3.8, 4) is 0 Å². The second-order valence-corrected chi connectivity index (χ2v) is 18.0. The first-order chi connectivity index (χ1) is 34.8. The fraction of sp³-hybridized carbons (Fsp3) is 0.714. The second kappa shape index (κ2) is 31.1. The van der Waals surface area contributed by atoms with E-state index < -0.39 is 163 Å². The van der Waals surface area contributed by atoms with Crippen LogP contribution in [0.3, 0.4) is 0 Å². The summed E-state index contributed by atoms with van der Waals surface area (Å²) in [5.41, 5.74) is 21.8. The third-order valence-electron chi connectivity index (χ3n) is 10.7. The summed E-state index contributed by atoms with van der Waals surface area (Å²) in [6.07, 6.45) is -17.9. The van der Waals surface area contributed by atoms with E-state index in [1.165, 1.54) is 12.2 Å². The van der Waals surface area contributed by atoms with Crippen molar-refractivity contribution in [1.82, 2.24) is 37.2 Å². The number of halogens is 6. The Balaban J connectivity index is 6.83.